The summed E-state index contributed by atoms with van der Waals surface area (Å²) < 4.78 is 17.6. The summed E-state index contributed by atoms with van der Waals surface area (Å²) >= 11 is 0. The highest BCUT2D eigenvalue weighted by Gasteiger charge is 2.38. The molecule has 0 aliphatic carbocycles. The van der Waals surface area contributed by atoms with Gasteiger partial charge in [0.05, 0.1) is 12.7 Å². The number of benzene rings is 1. The molecule has 4 saturated heterocycles. The lowest BCUT2D eigenvalue weighted by atomic mass is 9.88. The van der Waals surface area contributed by atoms with Crippen molar-refractivity contribution < 1.29 is 19.3 Å². The van der Waals surface area contributed by atoms with Gasteiger partial charge in [-0.25, -0.2) is 0 Å². The molecule has 4 heterocycles. The van der Waals surface area contributed by atoms with Gasteiger partial charge in [-0.3, -0.25) is 9.80 Å². The number of likely N-dealkylation sites (tertiary alicyclic amines) is 2. The van der Waals surface area contributed by atoms with E-state index in [9.17, 15) is 5.11 Å². The molecule has 5 rings (SSSR count). The van der Waals surface area contributed by atoms with Crippen LogP contribution in [0.2, 0.25) is 0 Å². The fourth-order valence-corrected chi connectivity index (χ4v) is 6.03. The van der Waals surface area contributed by atoms with Crippen LogP contribution in [0.3, 0.4) is 0 Å². The van der Waals surface area contributed by atoms with E-state index >= 15 is 0 Å². The first kappa shape index (κ1) is 27.8. The van der Waals surface area contributed by atoms with Crippen molar-refractivity contribution >= 4 is 24.8 Å². The zero-order valence-corrected chi connectivity index (χ0v) is 21.9. The average Bonchev–Trinajstić information content (AvgIpc) is 3.40. The van der Waals surface area contributed by atoms with Crippen LogP contribution in [-0.2, 0) is 11.3 Å². The molecule has 1 unspecified atom stereocenters. The molecular formula is C25H41Cl2N3O4. The van der Waals surface area contributed by atoms with Crippen molar-refractivity contribution in [2.45, 2.75) is 68.9 Å². The van der Waals surface area contributed by atoms with Gasteiger partial charge in [-0.15, -0.1) is 24.8 Å². The maximum absolute atomic E-state index is 10.5. The molecule has 9 heteroatoms. The smallest absolute Gasteiger partial charge is 0.161 e. The maximum atomic E-state index is 10.5. The zero-order valence-electron chi connectivity index (χ0n) is 20.2. The molecule has 1 aromatic rings. The van der Waals surface area contributed by atoms with E-state index in [1.165, 1.54) is 31.2 Å². The third kappa shape index (κ3) is 6.69. The number of hydrogen-bond donors (Lipinski definition) is 2. The minimum atomic E-state index is -0.504. The number of piperidine rings is 1. The summed E-state index contributed by atoms with van der Waals surface area (Å²) in [6, 6.07) is 7.36. The van der Waals surface area contributed by atoms with E-state index in [2.05, 4.69) is 27.2 Å². The molecule has 0 amide bonds. The largest absolute Gasteiger partial charge is 0.493 e. The van der Waals surface area contributed by atoms with Crippen LogP contribution in [0.15, 0.2) is 18.2 Å². The highest BCUT2D eigenvalue weighted by Crippen LogP contribution is 2.36. The van der Waals surface area contributed by atoms with Crippen molar-refractivity contribution in [3.05, 3.63) is 23.8 Å². The molecule has 0 aromatic heterocycles. The van der Waals surface area contributed by atoms with Crippen LogP contribution in [0.25, 0.3) is 0 Å². The second-order valence-corrected chi connectivity index (χ2v) is 10.2. The molecule has 4 fully saturated rings. The Morgan fingerprint density at radius 3 is 2.47 bits per heavy atom. The first-order valence-corrected chi connectivity index (χ1v) is 12.4. The Kier molecular flexibility index (Phi) is 10.2. The molecule has 0 radical (unpaired) electrons. The van der Waals surface area contributed by atoms with Crippen LogP contribution < -0.4 is 14.8 Å². The minimum absolute atomic E-state index is 0. The molecule has 1 spiro atoms. The highest BCUT2D eigenvalue weighted by atomic mass is 35.5. The Labute approximate surface area is 216 Å². The number of methoxy groups -OCH3 is 1. The van der Waals surface area contributed by atoms with Crippen LogP contribution in [0.4, 0.5) is 0 Å². The molecular weight excluding hydrogens is 477 g/mol. The minimum Gasteiger partial charge on any atom is -0.493 e. The molecule has 0 saturated carbocycles. The Balaban J connectivity index is 0.00000162. The monoisotopic (exact) mass is 517 g/mol. The van der Waals surface area contributed by atoms with E-state index in [4.69, 9.17) is 14.2 Å². The normalized spacial score (nSPS) is 27.1. The Hall–Kier alpha value is -0.800. The molecule has 2 bridgehead atoms. The summed E-state index contributed by atoms with van der Waals surface area (Å²) in [5.41, 5.74) is 1.39. The van der Waals surface area contributed by atoms with E-state index in [1.54, 1.807) is 7.11 Å². The summed E-state index contributed by atoms with van der Waals surface area (Å²) in [5.74, 6) is 1.44. The first-order valence-electron chi connectivity index (χ1n) is 12.4. The molecule has 4 aliphatic rings. The topological polar surface area (TPSA) is 66.4 Å². The molecule has 1 aromatic carbocycles. The van der Waals surface area contributed by atoms with E-state index in [1.807, 2.05) is 6.07 Å². The Morgan fingerprint density at radius 1 is 1.09 bits per heavy atom. The highest BCUT2D eigenvalue weighted by molar-refractivity contribution is 5.85. The van der Waals surface area contributed by atoms with E-state index in [-0.39, 0.29) is 37.0 Å². The first-order chi connectivity index (χ1) is 15.6. The van der Waals surface area contributed by atoms with E-state index < -0.39 is 6.10 Å². The predicted molar refractivity (Wildman–Crippen MR) is 138 cm³/mol. The molecule has 3 atom stereocenters. The molecule has 194 valence electrons. The summed E-state index contributed by atoms with van der Waals surface area (Å²) in [4.78, 5) is 4.87. The number of nitrogens with one attached hydrogen (secondary N) is 1. The number of ether oxygens (including phenoxy) is 3. The third-order valence-corrected chi connectivity index (χ3v) is 7.78. The third-order valence-electron chi connectivity index (χ3n) is 7.78. The van der Waals surface area contributed by atoms with Gasteiger partial charge in [0.15, 0.2) is 11.5 Å². The second-order valence-electron chi connectivity index (χ2n) is 10.2. The number of aliphatic hydroxyl groups excluding tert-OH is 1. The lowest BCUT2D eigenvalue weighted by Crippen LogP contribution is -2.53. The van der Waals surface area contributed by atoms with Crippen molar-refractivity contribution in [2.75, 3.05) is 53.0 Å². The lowest BCUT2D eigenvalue weighted by Gasteiger charge is -2.38. The number of piperazine rings is 1. The fraction of sp³-hybridized carbons (Fsp3) is 0.760. The Bertz CT molecular complexity index is 759. The van der Waals surface area contributed by atoms with Gasteiger partial charge >= 0.3 is 0 Å². The quantitative estimate of drug-likeness (QED) is 0.549. The molecule has 4 aliphatic heterocycles. The van der Waals surface area contributed by atoms with Crippen LogP contribution in [0.1, 0.15) is 44.1 Å². The van der Waals surface area contributed by atoms with Gasteiger partial charge in [0, 0.05) is 58.0 Å². The van der Waals surface area contributed by atoms with Crippen molar-refractivity contribution in [3.63, 3.8) is 0 Å². The summed E-state index contributed by atoms with van der Waals surface area (Å²) in [6.45, 7) is 7.01. The fourth-order valence-electron chi connectivity index (χ4n) is 6.03. The number of β-amino-alcohol motifs (C(OH)–C–C–N with tert-alkyl or cyclic N) is 1. The van der Waals surface area contributed by atoms with Gasteiger partial charge in [-0.1, -0.05) is 6.07 Å². The van der Waals surface area contributed by atoms with Gasteiger partial charge in [-0.05, 0) is 56.2 Å². The van der Waals surface area contributed by atoms with Gasteiger partial charge in [0.2, 0.25) is 0 Å². The van der Waals surface area contributed by atoms with Crippen molar-refractivity contribution in [3.8, 4) is 11.5 Å². The lowest BCUT2D eigenvalue weighted by molar-refractivity contribution is -0.0447. The molecule has 2 N–H and O–H groups in total. The van der Waals surface area contributed by atoms with Gasteiger partial charge < -0.3 is 24.6 Å². The van der Waals surface area contributed by atoms with Crippen LogP contribution >= 0.6 is 24.8 Å². The zero-order chi connectivity index (χ0) is 22.0. The van der Waals surface area contributed by atoms with Gasteiger partial charge in [-0.2, -0.15) is 0 Å². The number of fused-ring (bicyclic) bond motifs is 2. The van der Waals surface area contributed by atoms with E-state index in [0.717, 1.165) is 57.9 Å². The van der Waals surface area contributed by atoms with Crippen molar-refractivity contribution in [1.29, 1.82) is 0 Å². The van der Waals surface area contributed by atoms with Crippen molar-refractivity contribution in [2.24, 2.45) is 0 Å². The number of nitrogens with zero attached hydrogens (tertiary/aromatic N) is 2. The van der Waals surface area contributed by atoms with Gasteiger partial charge in [0.1, 0.15) is 12.7 Å². The standard InChI is InChI=1S/C25H39N3O4.2ClH/c1-30-24-13-19(14-27-10-8-25(9-11-27)7-2-12-32-25)3-6-23(24)31-18-22(29)17-28-15-20-4-5-21(16-28)26-20;;/h3,6,13,20-22,26,29H,2,4-5,7-12,14-18H2,1H3;2*1H/t20-,21+,22?;;. The van der Waals surface area contributed by atoms with Crippen molar-refractivity contribution in [1.82, 2.24) is 15.1 Å². The molecule has 34 heavy (non-hydrogen) atoms. The second kappa shape index (κ2) is 12.4. The number of halogens is 2. The van der Waals surface area contributed by atoms with Gasteiger partial charge in [0.25, 0.3) is 0 Å². The Morgan fingerprint density at radius 2 is 1.82 bits per heavy atom. The maximum Gasteiger partial charge on any atom is 0.161 e. The van der Waals surface area contributed by atoms with Crippen LogP contribution in [0.5, 0.6) is 11.5 Å². The SMILES string of the molecule is COc1cc(CN2CCC3(CCCO3)CC2)ccc1OCC(O)CN1C[C@H]2CC[C@@H](C1)N2.Cl.Cl. The van der Waals surface area contributed by atoms with E-state index in [0.29, 0.717) is 24.4 Å². The van der Waals surface area contributed by atoms with Crippen LogP contribution in [0, 0.1) is 0 Å². The van der Waals surface area contributed by atoms with Crippen LogP contribution in [-0.4, -0.2) is 91.7 Å². The number of aliphatic hydroxyl groups is 1. The predicted octanol–water partition coefficient (Wildman–Crippen LogP) is 2.86. The summed E-state index contributed by atoms with van der Waals surface area (Å²) in [6.07, 6.45) is 6.71. The average molecular weight is 519 g/mol. The molecule has 7 nitrogen and oxygen atoms in total. The number of hydrogen-bond acceptors (Lipinski definition) is 7. The summed E-state index contributed by atoms with van der Waals surface area (Å²) in [5, 5.41) is 14.2. The number of rotatable bonds is 8. The summed E-state index contributed by atoms with van der Waals surface area (Å²) in [7, 11) is 1.68.